The van der Waals surface area contributed by atoms with Crippen molar-refractivity contribution < 1.29 is 0 Å². The normalized spacial score (nSPS) is 31.8. The van der Waals surface area contributed by atoms with Crippen molar-refractivity contribution in [2.75, 3.05) is 19.6 Å². The smallest absolute Gasteiger partial charge is 0.0218 e. The summed E-state index contributed by atoms with van der Waals surface area (Å²) in [5.74, 6) is 1.73. The zero-order valence-corrected chi connectivity index (χ0v) is 11.1. The van der Waals surface area contributed by atoms with Crippen molar-refractivity contribution in [1.29, 1.82) is 0 Å². The molecule has 1 aliphatic rings. The Morgan fingerprint density at radius 2 is 1.73 bits per heavy atom. The Morgan fingerprint density at radius 1 is 1.20 bits per heavy atom. The molecule has 0 amide bonds. The van der Waals surface area contributed by atoms with Crippen molar-refractivity contribution >= 4 is 0 Å². The van der Waals surface area contributed by atoms with E-state index in [0.717, 1.165) is 18.4 Å². The van der Waals surface area contributed by atoms with E-state index in [2.05, 4.69) is 44.8 Å². The zero-order chi connectivity index (χ0) is 11.4. The summed E-state index contributed by atoms with van der Waals surface area (Å²) in [6.07, 6.45) is 1.23. The second-order valence-corrected chi connectivity index (χ2v) is 5.39. The lowest BCUT2D eigenvalue weighted by Gasteiger charge is -2.30. The Hall–Kier alpha value is -0.0800. The summed E-state index contributed by atoms with van der Waals surface area (Å²) in [6.45, 7) is 15.4. The van der Waals surface area contributed by atoms with Gasteiger partial charge in [-0.15, -0.1) is 0 Å². The molecule has 1 fully saturated rings. The molecular weight excluding hydrogens is 184 g/mol. The molecule has 4 atom stereocenters. The first-order valence-electron chi connectivity index (χ1n) is 6.53. The van der Waals surface area contributed by atoms with E-state index in [1.165, 1.54) is 19.5 Å². The molecule has 0 aliphatic carbocycles. The van der Waals surface area contributed by atoms with Crippen LogP contribution in [0.25, 0.3) is 0 Å². The number of hydrogen-bond acceptors (Lipinski definition) is 2. The van der Waals surface area contributed by atoms with E-state index in [0.29, 0.717) is 12.1 Å². The Labute approximate surface area is 95.4 Å². The second-order valence-electron chi connectivity index (χ2n) is 5.39. The first-order chi connectivity index (χ1) is 7.06. The van der Waals surface area contributed by atoms with Crippen molar-refractivity contribution in [3.8, 4) is 0 Å². The number of nitrogens with zero attached hydrogens (tertiary/aromatic N) is 1. The van der Waals surface area contributed by atoms with Gasteiger partial charge in [-0.3, -0.25) is 4.90 Å². The summed E-state index contributed by atoms with van der Waals surface area (Å²) in [4.78, 5) is 2.64. The lowest BCUT2D eigenvalue weighted by Crippen LogP contribution is -2.46. The van der Waals surface area contributed by atoms with Crippen LogP contribution in [0.1, 0.15) is 41.0 Å². The van der Waals surface area contributed by atoms with E-state index in [9.17, 15) is 0 Å². The summed E-state index contributed by atoms with van der Waals surface area (Å²) >= 11 is 0. The highest BCUT2D eigenvalue weighted by atomic mass is 15.2. The Kier molecular flexibility index (Phi) is 5.07. The molecule has 0 spiro atoms. The SMILES string of the molecule is CCCNC(C)C(C)N1CC(C)C(C)C1. The molecule has 90 valence electrons. The third-order valence-corrected chi connectivity index (χ3v) is 4.03. The highest BCUT2D eigenvalue weighted by Gasteiger charge is 2.30. The van der Waals surface area contributed by atoms with Crippen LogP contribution in [0.2, 0.25) is 0 Å². The largest absolute Gasteiger partial charge is 0.313 e. The molecule has 0 bridgehead atoms. The molecule has 2 heteroatoms. The highest BCUT2D eigenvalue weighted by molar-refractivity contribution is 4.86. The Balaban J connectivity index is 2.36. The van der Waals surface area contributed by atoms with Gasteiger partial charge in [-0.2, -0.15) is 0 Å². The van der Waals surface area contributed by atoms with Gasteiger partial charge in [-0.25, -0.2) is 0 Å². The number of hydrogen-bond donors (Lipinski definition) is 1. The van der Waals surface area contributed by atoms with Crippen LogP contribution in [0, 0.1) is 11.8 Å². The van der Waals surface area contributed by atoms with Crippen molar-refractivity contribution in [3.05, 3.63) is 0 Å². The van der Waals surface area contributed by atoms with Crippen molar-refractivity contribution in [2.24, 2.45) is 11.8 Å². The second kappa shape index (κ2) is 5.86. The molecule has 15 heavy (non-hydrogen) atoms. The molecular formula is C13H28N2. The average Bonchev–Trinajstić information content (AvgIpc) is 2.54. The van der Waals surface area contributed by atoms with Crippen LogP contribution in [0.15, 0.2) is 0 Å². The molecule has 4 unspecified atom stereocenters. The highest BCUT2D eigenvalue weighted by Crippen LogP contribution is 2.24. The van der Waals surface area contributed by atoms with Gasteiger partial charge in [-0.05, 0) is 38.6 Å². The minimum absolute atomic E-state index is 0.613. The molecule has 2 nitrogen and oxygen atoms in total. The molecule has 1 N–H and O–H groups in total. The summed E-state index contributed by atoms with van der Waals surface area (Å²) in [5, 5.41) is 3.60. The summed E-state index contributed by atoms with van der Waals surface area (Å²) < 4.78 is 0. The van der Waals surface area contributed by atoms with E-state index in [1.807, 2.05) is 0 Å². The standard InChI is InChI=1S/C13H28N2/c1-6-7-14-12(4)13(5)15-8-10(2)11(3)9-15/h10-14H,6-9H2,1-5H3. The fourth-order valence-electron chi connectivity index (χ4n) is 2.37. The fourth-order valence-corrected chi connectivity index (χ4v) is 2.37. The molecule has 1 heterocycles. The van der Waals surface area contributed by atoms with Gasteiger partial charge in [-0.1, -0.05) is 20.8 Å². The number of nitrogens with one attached hydrogen (secondary N) is 1. The predicted octanol–water partition coefficient (Wildman–Crippen LogP) is 2.35. The minimum Gasteiger partial charge on any atom is -0.313 e. The first kappa shape index (κ1) is 13.0. The first-order valence-corrected chi connectivity index (χ1v) is 6.53. The molecule has 1 rings (SSSR count). The Bertz CT molecular complexity index is 171. The lowest BCUT2D eigenvalue weighted by atomic mass is 10.0. The van der Waals surface area contributed by atoms with E-state index in [-0.39, 0.29) is 0 Å². The van der Waals surface area contributed by atoms with Crippen LogP contribution in [0.5, 0.6) is 0 Å². The third-order valence-electron chi connectivity index (χ3n) is 4.03. The Morgan fingerprint density at radius 3 is 2.20 bits per heavy atom. The maximum atomic E-state index is 3.60. The zero-order valence-electron chi connectivity index (χ0n) is 11.1. The van der Waals surface area contributed by atoms with Crippen molar-refractivity contribution in [2.45, 2.75) is 53.1 Å². The van der Waals surface area contributed by atoms with Crippen LogP contribution in [-0.4, -0.2) is 36.6 Å². The third kappa shape index (κ3) is 3.46. The molecule has 0 saturated carbocycles. The maximum Gasteiger partial charge on any atom is 0.0218 e. The van der Waals surface area contributed by atoms with Gasteiger partial charge >= 0.3 is 0 Å². The molecule has 1 saturated heterocycles. The monoisotopic (exact) mass is 212 g/mol. The van der Waals surface area contributed by atoms with Crippen LogP contribution in [0.3, 0.4) is 0 Å². The molecule has 0 aromatic carbocycles. The summed E-state index contributed by atoms with van der Waals surface area (Å²) in [7, 11) is 0. The van der Waals surface area contributed by atoms with Gasteiger partial charge in [0.25, 0.3) is 0 Å². The van der Waals surface area contributed by atoms with Gasteiger partial charge in [0.05, 0.1) is 0 Å². The van der Waals surface area contributed by atoms with Crippen molar-refractivity contribution in [3.63, 3.8) is 0 Å². The van der Waals surface area contributed by atoms with Crippen LogP contribution in [0.4, 0.5) is 0 Å². The van der Waals surface area contributed by atoms with Crippen LogP contribution >= 0.6 is 0 Å². The number of rotatable bonds is 5. The van der Waals surface area contributed by atoms with E-state index < -0.39 is 0 Å². The molecule has 1 aliphatic heterocycles. The average molecular weight is 212 g/mol. The van der Waals surface area contributed by atoms with Gasteiger partial charge < -0.3 is 5.32 Å². The fraction of sp³-hybridized carbons (Fsp3) is 1.00. The predicted molar refractivity (Wildman–Crippen MR) is 67.1 cm³/mol. The lowest BCUT2D eigenvalue weighted by molar-refractivity contribution is 0.205. The van der Waals surface area contributed by atoms with Crippen LogP contribution < -0.4 is 5.32 Å². The van der Waals surface area contributed by atoms with Gasteiger partial charge in [0.1, 0.15) is 0 Å². The molecule has 0 aromatic heterocycles. The summed E-state index contributed by atoms with van der Waals surface area (Å²) in [5.41, 5.74) is 0. The van der Waals surface area contributed by atoms with Crippen LogP contribution in [-0.2, 0) is 0 Å². The quantitative estimate of drug-likeness (QED) is 0.752. The molecule has 0 radical (unpaired) electrons. The summed E-state index contributed by atoms with van der Waals surface area (Å²) in [6, 6.07) is 1.28. The topological polar surface area (TPSA) is 15.3 Å². The van der Waals surface area contributed by atoms with Gasteiger partial charge in [0.2, 0.25) is 0 Å². The minimum atomic E-state index is 0.613. The maximum absolute atomic E-state index is 3.60. The van der Waals surface area contributed by atoms with Crippen molar-refractivity contribution in [1.82, 2.24) is 10.2 Å². The van der Waals surface area contributed by atoms with Gasteiger partial charge in [0.15, 0.2) is 0 Å². The van der Waals surface area contributed by atoms with E-state index in [4.69, 9.17) is 0 Å². The number of likely N-dealkylation sites (tertiary alicyclic amines) is 1. The van der Waals surface area contributed by atoms with Gasteiger partial charge in [0, 0.05) is 25.2 Å². The van der Waals surface area contributed by atoms with E-state index in [1.54, 1.807) is 0 Å². The molecule has 0 aromatic rings. The van der Waals surface area contributed by atoms with E-state index >= 15 is 0 Å².